The SMILES string of the molecule is O=C1SC(=CC=Cc2ccccc2)C(=O)N1CCC(=O)N1CCCCC1c1cccnc1. The molecule has 0 spiro atoms. The maximum absolute atomic E-state index is 13.0. The number of imide groups is 1. The fourth-order valence-electron chi connectivity index (χ4n) is 4.02. The lowest BCUT2D eigenvalue weighted by atomic mass is 9.96. The predicted molar refractivity (Wildman–Crippen MR) is 125 cm³/mol. The van der Waals surface area contributed by atoms with Gasteiger partial charge in [0.05, 0.1) is 10.9 Å². The van der Waals surface area contributed by atoms with E-state index >= 15 is 0 Å². The van der Waals surface area contributed by atoms with Crippen LogP contribution in [0.4, 0.5) is 4.79 Å². The zero-order valence-electron chi connectivity index (χ0n) is 17.7. The highest BCUT2D eigenvalue weighted by Crippen LogP contribution is 2.33. The lowest BCUT2D eigenvalue weighted by Crippen LogP contribution is -2.40. The summed E-state index contributed by atoms with van der Waals surface area (Å²) >= 11 is 0.916. The molecule has 1 aromatic carbocycles. The number of hydrogen-bond donors (Lipinski definition) is 0. The van der Waals surface area contributed by atoms with Gasteiger partial charge in [0.15, 0.2) is 0 Å². The van der Waals surface area contributed by atoms with Crippen LogP contribution in [0.5, 0.6) is 0 Å². The van der Waals surface area contributed by atoms with Gasteiger partial charge >= 0.3 is 0 Å². The van der Waals surface area contributed by atoms with Crippen molar-refractivity contribution in [2.24, 2.45) is 0 Å². The number of rotatable bonds is 6. The van der Waals surface area contributed by atoms with E-state index in [1.807, 2.05) is 53.4 Å². The zero-order chi connectivity index (χ0) is 22.3. The normalized spacial score (nSPS) is 20.5. The average Bonchev–Trinajstić information content (AvgIpc) is 3.11. The van der Waals surface area contributed by atoms with Crippen LogP contribution in [-0.4, -0.2) is 44.9 Å². The second kappa shape index (κ2) is 10.4. The highest BCUT2D eigenvalue weighted by molar-refractivity contribution is 8.18. The van der Waals surface area contributed by atoms with Crippen LogP contribution in [0.3, 0.4) is 0 Å². The van der Waals surface area contributed by atoms with Crippen molar-refractivity contribution >= 4 is 34.9 Å². The van der Waals surface area contributed by atoms with E-state index in [2.05, 4.69) is 4.98 Å². The Kier molecular flexibility index (Phi) is 7.17. The van der Waals surface area contributed by atoms with E-state index in [1.54, 1.807) is 24.5 Å². The first-order valence-electron chi connectivity index (χ1n) is 10.8. The molecule has 2 saturated heterocycles. The van der Waals surface area contributed by atoms with Gasteiger partial charge in [-0.15, -0.1) is 0 Å². The highest BCUT2D eigenvalue weighted by Gasteiger charge is 2.36. The van der Waals surface area contributed by atoms with Gasteiger partial charge in [0.2, 0.25) is 5.91 Å². The summed E-state index contributed by atoms with van der Waals surface area (Å²) in [7, 11) is 0. The molecule has 0 N–H and O–H groups in total. The molecule has 1 aromatic heterocycles. The molecule has 1 unspecified atom stereocenters. The standard InChI is InChI=1S/C25H25N3O3S/c29-23(27-16-5-4-12-21(27)20-11-7-15-26-18-20)14-17-28-24(30)22(32-25(28)31)13-6-10-19-8-2-1-3-9-19/h1-3,6-11,13,15,18,21H,4-5,12,14,16-17H2. The Morgan fingerprint density at radius 1 is 1.12 bits per heavy atom. The molecular formula is C25H25N3O3S. The number of thioether (sulfide) groups is 1. The average molecular weight is 448 g/mol. The summed E-state index contributed by atoms with van der Waals surface area (Å²) in [6.07, 6.45) is 11.9. The highest BCUT2D eigenvalue weighted by atomic mass is 32.2. The predicted octanol–water partition coefficient (Wildman–Crippen LogP) is 4.82. The van der Waals surface area contributed by atoms with Crippen LogP contribution < -0.4 is 0 Å². The number of piperidine rings is 1. The van der Waals surface area contributed by atoms with Crippen molar-refractivity contribution < 1.29 is 14.4 Å². The molecule has 1 atom stereocenters. The molecule has 0 bridgehead atoms. The minimum atomic E-state index is -0.340. The van der Waals surface area contributed by atoms with E-state index in [1.165, 1.54) is 4.90 Å². The van der Waals surface area contributed by atoms with E-state index < -0.39 is 0 Å². The first-order chi connectivity index (χ1) is 15.6. The topological polar surface area (TPSA) is 70.6 Å². The lowest BCUT2D eigenvalue weighted by molar-refractivity contribution is -0.135. The number of benzene rings is 1. The summed E-state index contributed by atoms with van der Waals surface area (Å²) in [6, 6.07) is 13.6. The summed E-state index contributed by atoms with van der Waals surface area (Å²) in [6.45, 7) is 0.782. The molecule has 3 amide bonds. The lowest BCUT2D eigenvalue weighted by Gasteiger charge is -2.36. The molecule has 2 aliphatic heterocycles. The molecule has 2 aliphatic rings. The number of carbonyl (C=O) groups excluding carboxylic acids is 3. The molecule has 4 rings (SSSR count). The first-order valence-corrected chi connectivity index (χ1v) is 11.6. The van der Waals surface area contributed by atoms with Gasteiger partial charge in [-0.2, -0.15) is 0 Å². The molecule has 3 heterocycles. The van der Waals surface area contributed by atoms with Crippen molar-refractivity contribution in [3.8, 4) is 0 Å². The molecule has 2 aromatic rings. The quantitative estimate of drug-likeness (QED) is 0.594. The van der Waals surface area contributed by atoms with Gasteiger partial charge in [-0.25, -0.2) is 0 Å². The van der Waals surface area contributed by atoms with Gasteiger partial charge < -0.3 is 4.90 Å². The molecule has 32 heavy (non-hydrogen) atoms. The Morgan fingerprint density at radius 2 is 1.97 bits per heavy atom. The van der Waals surface area contributed by atoms with Crippen molar-refractivity contribution in [2.45, 2.75) is 31.7 Å². The molecule has 0 saturated carbocycles. The third kappa shape index (κ3) is 5.16. The summed E-state index contributed by atoms with van der Waals surface area (Å²) in [5, 5.41) is -0.329. The second-order valence-corrected chi connectivity index (χ2v) is 8.75. The summed E-state index contributed by atoms with van der Waals surface area (Å²) in [5.41, 5.74) is 2.04. The summed E-state index contributed by atoms with van der Waals surface area (Å²) in [4.78, 5) is 45.6. The van der Waals surface area contributed by atoms with Crippen LogP contribution in [-0.2, 0) is 9.59 Å². The third-order valence-electron chi connectivity index (χ3n) is 5.65. The van der Waals surface area contributed by atoms with Gasteiger partial charge in [-0.1, -0.05) is 48.6 Å². The van der Waals surface area contributed by atoms with Crippen molar-refractivity contribution in [2.75, 3.05) is 13.1 Å². The fourth-order valence-corrected chi connectivity index (χ4v) is 4.84. The van der Waals surface area contributed by atoms with E-state index in [0.717, 1.165) is 42.2 Å². The molecule has 0 radical (unpaired) electrons. The Bertz CT molecular complexity index is 1040. The molecule has 0 aliphatic carbocycles. The van der Waals surface area contributed by atoms with Gasteiger partial charge in [-0.3, -0.25) is 24.3 Å². The first kappa shape index (κ1) is 22.0. The van der Waals surface area contributed by atoms with Crippen LogP contribution in [0.25, 0.3) is 6.08 Å². The number of carbonyl (C=O) groups is 3. The maximum Gasteiger partial charge on any atom is 0.293 e. The van der Waals surface area contributed by atoms with Crippen LogP contribution in [0.1, 0.15) is 42.9 Å². The van der Waals surface area contributed by atoms with Crippen LogP contribution in [0, 0.1) is 0 Å². The summed E-state index contributed by atoms with van der Waals surface area (Å²) < 4.78 is 0. The Hall–Kier alpha value is -3.19. The number of pyridine rings is 1. The van der Waals surface area contributed by atoms with Gasteiger partial charge in [0.1, 0.15) is 0 Å². The molecule has 2 fully saturated rings. The molecule has 164 valence electrons. The number of aromatic nitrogens is 1. The third-order valence-corrected chi connectivity index (χ3v) is 6.58. The van der Waals surface area contributed by atoms with Crippen molar-refractivity contribution in [3.05, 3.63) is 83.0 Å². The minimum absolute atomic E-state index is 0.00267. The van der Waals surface area contributed by atoms with Crippen molar-refractivity contribution in [3.63, 3.8) is 0 Å². The van der Waals surface area contributed by atoms with Gasteiger partial charge in [0.25, 0.3) is 11.1 Å². The number of hydrogen-bond acceptors (Lipinski definition) is 5. The summed E-state index contributed by atoms with van der Waals surface area (Å²) in [5.74, 6) is -0.376. The Morgan fingerprint density at radius 3 is 2.75 bits per heavy atom. The zero-order valence-corrected chi connectivity index (χ0v) is 18.5. The van der Waals surface area contributed by atoms with Crippen molar-refractivity contribution in [1.29, 1.82) is 0 Å². The van der Waals surface area contributed by atoms with Crippen molar-refractivity contribution in [1.82, 2.24) is 14.8 Å². The fraction of sp³-hybridized carbons (Fsp3) is 0.280. The van der Waals surface area contributed by atoms with E-state index in [9.17, 15) is 14.4 Å². The van der Waals surface area contributed by atoms with E-state index in [4.69, 9.17) is 0 Å². The second-order valence-electron chi connectivity index (χ2n) is 7.76. The van der Waals surface area contributed by atoms with E-state index in [0.29, 0.717) is 11.4 Å². The van der Waals surface area contributed by atoms with Crippen LogP contribution >= 0.6 is 11.8 Å². The van der Waals surface area contributed by atoms with Crippen LogP contribution in [0.15, 0.2) is 71.9 Å². The molecule has 6 nitrogen and oxygen atoms in total. The molecular weight excluding hydrogens is 422 g/mol. The van der Waals surface area contributed by atoms with Gasteiger partial charge in [0, 0.05) is 31.9 Å². The number of likely N-dealkylation sites (tertiary alicyclic amines) is 1. The Labute approximate surface area is 192 Å². The van der Waals surface area contributed by atoms with E-state index in [-0.39, 0.29) is 36.1 Å². The number of nitrogens with zero attached hydrogens (tertiary/aromatic N) is 3. The minimum Gasteiger partial charge on any atom is -0.336 e. The monoisotopic (exact) mass is 447 g/mol. The number of allylic oxidation sites excluding steroid dienone is 2. The van der Waals surface area contributed by atoms with Crippen LogP contribution in [0.2, 0.25) is 0 Å². The number of amides is 3. The Balaban J connectivity index is 1.37. The van der Waals surface area contributed by atoms with Gasteiger partial charge in [-0.05, 0) is 54.3 Å². The molecule has 7 heteroatoms. The largest absolute Gasteiger partial charge is 0.336 e. The maximum atomic E-state index is 13.0. The smallest absolute Gasteiger partial charge is 0.293 e.